The maximum absolute atomic E-state index is 13.5. The topological polar surface area (TPSA) is 79.2 Å². The van der Waals surface area contributed by atoms with E-state index in [1.807, 2.05) is 6.07 Å². The number of hydrogen-bond acceptors (Lipinski definition) is 4. The van der Waals surface area contributed by atoms with Crippen LogP contribution < -0.4 is 5.32 Å². The van der Waals surface area contributed by atoms with Crippen molar-refractivity contribution in [2.45, 2.75) is 20.0 Å². The summed E-state index contributed by atoms with van der Waals surface area (Å²) in [6.07, 6.45) is 1.66. The Kier molecular flexibility index (Phi) is 6.23. The number of rotatable bonds is 5. The standard InChI is InChI=1S/C20H17FN2O3/c1-13-3-9-17(11-18(13)21)23-20(25)14(2)26-19(24)10-8-15-4-6-16(12-22)7-5-15/h3-11,14H,1-2H3,(H,23,25)/b10-8+/t14-/m0/s1. The van der Waals surface area contributed by atoms with Gasteiger partial charge in [0.2, 0.25) is 0 Å². The van der Waals surface area contributed by atoms with Crippen molar-refractivity contribution in [2.24, 2.45) is 0 Å². The Balaban J connectivity index is 1.90. The number of ether oxygens (including phenoxy) is 1. The summed E-state index contributed by atoms with van der Waals surface area (Å²) in [5.74, 6) is -1.68. The van der Waals surface area contributed by atoms with Crippen molar-refractivity contribution in [3.05, 3.63) is 71.0 Å². The molecule has 0 aliphatic carbocycles. The molecule has 0 aliphatic rings. The van der Waals surface area contributed by atoms with Gasteiger partial charge in [-0.3, -0.25) is 4.79 Å². The number of nitriles is 1. The highest BCUT2D eigenvalue weighted by Crippen LogP contribution is 2.14. The molecule has 0 unspecified atom stereocenters. The quantitative estimate of drug-likeness (QED) is 0.659. The van der Waals surface area contributed by atoms with E-state index in [0.29, 0.717) is 16.7 Å². The van der Waals surface area contributed by atoms with Crippen LogP contribution in [0.1, 0.15) is 23.6 Å². The van der Waals surface area contributed by atoms with E-state index >= 15 is 0 Å². The van der Waals surface area contributed by atoms with Gasteiger partial charge >= 0.3 is 5.97 Å². The van der Waals surface area contributed by atoms with Crippen molar-refractivity contribution in [3.63, 3.8) is 0 Å². The summed E-state index contributed by atoms with van der Waals surface area (Å²) in [4.78, 5) is 23.8. The number of nitrogens with one attached hydrogen (secondary N) is 1. The minimum absolute atomic E-state index is 0.286. The first-order chi connectivity index (χ1) is 12.4. The SMILES string of the molecule is Cc1ccc(NC(=O)[C@H](C)OC(=O)/C=C/c2ccc(C#N)cc2)cc1F. The van der Waals surface area contributed by atoms with Crippen molar-refractivity contribution in [2.75, 3.05) is 5.32 Å². The van der Waals surface area contributed by atoms with E-state index in [2.05, 4.69) is 5.32 Å². The van der Waals surface area contributed by atoms with Crippen LogP contribution in [0.5, 0.6) is 0 Å². The summed E-state index contributed by atoms with van der Waals surface area (Å²) in [7, 11) is 0. The maximum atomic E-state index is 13.5. The van der Waals surface area contributed by atoms with E-state index in [4.69, 9.17) is 10.00 Å². The molecule has 0 aromatic heterocycles. The summed E-state index contributed by atoms with van der Waals surface area (Å²) >= 11 is 0. The zero-order valence-electron chi connectivity index (χ0n) is 14.3. The first kappa shape index (κ1) is 18.9. The molecule has 132 valence electrons. The van der Waals surface area contributed by atoms with E-state index in [1.165, 1.54) is 25.1 Å². The summed E-state index contributed by atoms with van der Waals surface area (Å²) in [5, 5.41) is 11.2. The van der Waals surface area contributed by atoms with Crippen molar-refractivity contribution in [1.82, 2.24) is 0 Å². The predicted octanol–water partition coefficient (Wildman–Crippen LogP) is 3.59. The van der Waals surface area contributed by atoms with Gasteiger partial charge in [-0.25, -0.2) is 9.18 Å². The monoisotopic (exact) mass is 352 g/mol. The number of aryl methyl sites for hydroxylation is 1. The first-order valence-corrected chi connectivity index (χ1v) is 7.85. The van der Waals surface area contributed by atoms with Crippen LogP contribution in [0.15, 0.2) is 48.5 Å². The molecule has 0 bridgehead atoms. The molecule has 0 saturated heterocycles. The van der Waals surface area contributed by atoms with Gasteiger partial charge in [-0.05, 0) is 55.3 Å². The predicted molar refractivity (Wildman–Crippen MR) is 95.5 cm³/mol. The molecule has 2 aromatic carbocycles. The van der Waals surface area contributed by atoms with Crippen LogP contribution in [0.25, 0.3) is 6.08 Å². The fraction of sp³-hybridized carbons (Fsp3) is 0.150. The fourth-order valence-electron chi connectivity index (χ4n) is 2.01. The molecule has 6 heteroatoms. The zero-order chi connectivity index (χ0) is 19.1. The van der Waals surface area contributed by atoms with Gasteiger partial charge in [0, 0.05) is 11.8 Å². The van der Waals surface area contributed by atoms with Crippen LogP contribution >= 0.6 is 0 Å². The molecule has 1 N–H and O–H groups in total. The second-order valence-corrected chi connectivity index (χ2v) is 5.60. The minimum atomic E-state index is -1.04. The number of hydrogen-bond donors (Lipinski definition) is 1. The smallest absolute Gasteiger partial charge is 0.331 e. The number of nitrogens with zero attached hydrogens (tertiary/aromatic N) is 1. The van der Waals surface area contributed by atoms with Crippen molar-refractivity contribution in [3.8, 4) is 6.07 Å². The average molecular weight is 352 g/mol. The highest BCUT2D eigenvalue weighted by atomic mass is 19.1. The fourth-order valence-corrected chi connectivity index (χ4v) is 2.01. The lowest BCUT2D eigenvalue weighted by Crippen LogP contribution is -2.29. The lowest BCUT2D eigenvalue weighted by molar-refractivity contribution is -0.148. The molecule has 0 saturated carbocycles. The number of anilines is 1. The Labute approximate surface area is 150 Å². The molecule has 1 amide bonds. The van der Waals surface area contributed by atoms with Gasteiger partial charge in [0.05, 0.1) is 11.6 Å². The molecule has 5 nitrogen and oxygen atoms in total. The van der Waals surface area contributed by atoms with E-state index in [1.54, 1.807) is 43.3 Å². The van der Waals surface area contributed by atoms with E-state index in [0.717, 1.165) is 0 Å². The van der Waals surface area contributed by atoms with Crippen LogP contribution in [0, 0.1) is 24.1 Å². The second kappa shape index (κ2) is 8.58. The van der Waals surface area contributed by atoms with Gasteiger partial charge in [0.1, 0.15) is 5.82 Å². The number of benzene rings is 2. The highest BCUT2D eigenvalue weighted by molar-refractivity contribution is 5.96. The van der Waals surface area contributed by atoms with Gasteiger partial charge in [-0.2, -0.15) is 5.26 Å². The highest BCUT2D eigenvalue weighted by Gasteiger charge is 2.17. The summed E-state index contributed by atoms with van der Waals surface area (Å²) < 4.78 is 18.5. The largest absolute Gasteiger partial charge is 0.449 e. The Morgan fingerprint density at radius 3 is 2.54 bits per heavy atom. The third-order valence-electron chi connectivity index (χ3n) is 3.55. The number of carbonyl (C=O) groups is 2. The molecule has 26 heavy (non-hydrogen) atoms. The molecular weight excluding hydrogens is 335 g/mol. The van der Waals surface area contributed by atoms with Crippen molar-refractivity contribution in [1.29, 1.82) is 5.26 Å². The zero-order valence-corrected chi connectivity index (χ0v) is 14.3. The molecule has 0 fully saturated rings. The van der Waals surface area contributed by atoms with Gasteiger partial charge in [-0.1, -0.05) is 18.2 Å². The number of carbonyl (C=O) groups excluding carboxylic acids is 2. The summed E-state index contributed by atoms with van der Waals surface area (Å²) in [6.45, 7) is 3.04. The summed E-state index contributed by atoms with van der Waals surface area (Å²) in [6, 6.07) is 12.9. The van der Waals surface area contributed by atoms with Crippen molar-refractivity contribution >= 4 is 23.6 Å². The van der Waals surface area contributed by atoms with Gasteiger partial charge in [-0.15, -0.1) is 0 Å². The molecule has 0 aliphatic heterocycles. The van der Waals surface area contributed by atoms with Gasteiger partial charge in [0.25, 0.3) is 5.91 Å². The van der Waals surface area contributed by atoms with E-state index in [-0.39, 0.29) is 5.69 Å². The molecule has 2 rings (SSSR count). The Hall–Kier alpha value is -3.46. The number of amides is 1. The Bertz CT molecular complexity index is 883. The molecule has 1 atom stereocenters. The Morgan fingerprint density at radius 1 is 1.23 bits per heavy atom. The maximum Gasteiger partial charge on any atom is 0.331 e. The van der Waals surface area contributed by atoms with Crippen LogP contribution in [0.3, 0.4) is 0 Å². The first-order valence-electron chi connectivity index (χ1n) is 7.85. The van der Waals surface area contributed by atoms with Crippen LogP contribution in [0.2, 0.25) is 0 Å². The van der Waals surface area contributed by atoms with Gasteiger partial charge in [0.15, 0.2) is 6.10 Å². The van der Waals surface area contributed by atoms with Crippen LogP contribution in [0.4, 0.5) is 10.1 Å². The lowest BCUT2D eigenvalue weighted by Gasteiger charge is -2.12. The third-order valence-corrected chi connectivity index (χ3v) is 3.55. The molecule has 0 spiro atoms. The van der Waals surface area contributed by atoms with Crippen LogP contribution in [-0.4, -0.2) is 18.0 Å². The summed E-state index contributed by atoms with van der Waals surface area (Å²) in [5.41, 5.74) is 1.99. The number of esters is 1. The number of halogens is 1. The molecule has 0 radical (unpaired) electrons. The Morgan fingerprint density at radius 2 is 1.92 bits per heavy atom. The van der Waals surface area contributed by atoms with Gasteiger partial charge < -0.3 is 10.1 Å². The molecular formula is C20H17FN2O3. The van der Waals surface area contributed by atoms with E-state index < -0.39 is 23.8 Å². The average Bonchev–Trinajstić information content (AvgIpc) is 2.63. The molecule has 0 heterocycles. The normalized spacial score (nSPS) is 11.6. The lowest BCUT2D eigenvalue weighted by atomic mass is 10.1. The molecule has 2 aromatic rings. The van der Waals surface area contributed by atoms with Crippen LogP contribution in [-0.2, 0) is 14.3 Å². The van der Waals surface area contributed by atoms with Crippen molar-refractivity contribution < 1.29 is 18.7 Å². The van der Waals surface area contributed by atoms with E-state index in [9.17, 15) is 14.0 Å². The second-order valence-electron chi connectivity index (χ2n) is 5.60. The minimum Gasteiger partial charge on any atom is -0.449 e. The third kappa shape index (κ3) is 5.28.